The molecule has 1 unspecified atom stereocenters. The first kappa shape index (κ1) is 16.3. The highest BCUT2D eigenvalue weighted by molar-refractivity contribution is 7.99. The summed E-state index contributed by atoms with van der Waals surface area (Å²) >= 11 is 1.34. The lowest BCUT2D eigenvalue weighted by Gasteiger charge is -2.24. The Bertz CT molecular complexity index is 451. The van der Waals surface area contributed by atoms with Gasteiger partial charge < -0.3 is 10.0 Å². The van der Waals surface area contributed by atoms with Gasteiger partial charge in [0.2, 0.25) is 15.9 Å². The van der Waals surface area contributed by atoms with Crippen LogP contribution in [-0.2, 0) is 19.6 Å². The van der Waals surface area contributed by atoms with Gasteiger partial charge in [-0.2, -0.15) is 0 Å². The van der Waals surface area contributed by atoms with Gasteiger partial charge in [-0.1, -0.05) is 6.92 Å². The Balaban J connectivity index is 2.69. The van der Waals surface area contributed by atoms with E-state index in [0.717, 1.165) is 0 Å². The molecule has 0 spiro atoms. The van der Waals surface area contributed by atoms with E-state index in [2.05, 4.69) is 4.72 Å². The number of sulfonamides is 1. The minimum absolute atomic E-state index is 0.0538. The van der Waals surface area contributed by atoms with E-state index in [-0.39, 0.29) is 11.6 Å². The first-order valence-electron chi connectivity index (χ1n) is 5.89. The molecule has 0 aliphatic carbocycles. The van der Waals surface area contributed by atoms with Crippen LogP contribution in [0.4, 0.5) is 0 Å². The summed E-state index contributed by atoms with van der Waals surface area (Å²) in [5.41, 5.74) is 0. The zero-order chi connectivity index (χ0) is 14.6. The van der Waals surface area contributed by atoms with Gasteiger partial charge in [0.05, 0.1) is 17.7 Å². The van der Waals surface area contributed by atoms with Crippen LogP contribution in [0, 0.1) is 0 Å². The van der Waals surface area contributed by atoms with Crippen molar-refractivity contribution in [3.8, 4) is 0 Å². The number of amides is 1. The molecular weight excluding hydrogens is 292 g/mol. The Kier molecular flexibility index (Phi) is 5.63. The SMILES string of the molecule is CCCS(=O)(=O)NC(C)C(=O)N1CSC[C@H]1C(=O)O. The maximum atomic E-state index is 12.1. The monoisotopic (exact) mass is 310 g/mol. The quantitative estimate of drug-likeness (QED) is 0.697. The normalized spacial score (nSPS) is 21.4. The standard InChI is InChI=1S/C10H18N2O5S2/c1-3-4-19(16,17)11-7(2)9(13)12-6-18-5-8(12)10(14)15/h7-8,11H,3-6H2,1-2H3,(H,14,15)/t7?,8-/m0/s1. The van der Waals surface area contributed by atoms with Gasteiger partial charge in [-0.3, -0.25) is 4.79 Å². The number of hydrogen-bond acceptors (Lipinski definition) is 5. The summed E-state index contributed by atoms with van der Waals surface area (Å²) in [5.74, 6) is -1.02. The highest BCUT2D eigenvalue weighted by Crippen LogP contribution is 2.21. The van der Waals surface area contributed by atoms with Gasteiger partial charge in [0, 0.05) is 5.75 Å². The third-order valence-electron chi connectivity index (χ3n) is 2.65. The van der Waals surface area contributed by atoms with Crippen molar-refractivity contribution in [3.05, 3.63) is 0 Å². The summed E-state index contributed by atoms with van der Waals surface area (Å²) in [6.45, 7) is 3.15. The summed E-state index contributed by atoms with van der Waals surface area (Å²) in [5, 5.41) is 8.99. The number of hydrogen-bond donors (Lipinski definition) is 2. The van der Waals surface area contributed by atoms with E-state index in [0.29, 0.717) is 12.2 Å². The Morgan fingerprint density at radius 2 is 2.16 bits per heavy atom. The number of nitrogens with zero attached hydrogens (tertiary/aromatic N) is 1. The first-order valence-corrected chi connectivity index (χ1v) is 8.70. The molecule has 1 amide bonds. The van der Waals surface area contributed by atoms with Crippen molar-refractivity contribution in [2.24, 2.45) is 0 Å². The molecule has 9 heteroatoms. The molecule has 0 aromatic heterocycles. The summed E-state index contributed by atoms with van der Waals surface area (Å²) in [6.07, 6.45) is 0.452. The van der Waals surface area contributed by atoms with Crippen LogP contribution in [0.15, 0.2) is 0 Å². The molecule has 19 heavy (non-hydrogen) atoms. The second-order valence-corrected chi connectivity index (χ2v) is 7.19. The second kappa shape index (κ2) is 6.58. The van der Waals surface area contributed by atoms with E-state index < -0.39 is 34.0 Å². The van der Waals surface area contributed by atoms with Crippen LogP contribution in [0.25, 0.3) is 0 Å². The van der Waals surface area contributed by atoms with Crippen LogP contribution in [-0.4, -0.2) is 59.8 Å². The Hall–Kier alpha value is -0.800. The summed E-state index contributed by atoms with van der Waals surface area (Å²) in [7, 11) is -3.49. The molecule has 0 aromatic rings. The average Bonchev–Trinajstić information content (AvgIpc) is 2.75. The molecule has 1 rings (SSSR count). The van der Waals surface area contributed by atoms with Crippen molar-refractivity contribution in [1.82, 2.24) is 9.62 Å². The predicted molar refractivity (Wildman–Crippen MR) is 72.3 cm³/mol. The average molecular weight is 310 g/mol. The maximum Gasteiger partial charge on any atom is 0.327 e. The number of aliphatic carboxylic acids is 1. The number of nitrogens with one attached hydrogen (secondary N) is 1. The molecule has 0 radical (unpaired) electrons. The number of carboxylic acid groups (broad SMARTS) is 1. The van der Waals surface area contributed by atoms with Gasteiger partial charge in [-0.25, -0.2) is 17.9 Å². The topological polar surface area (TPSA) is 104 Å². The summed E-state index contributed by atoms with van der Waals surface area (Å²) in [4.78, 5) is 24.2. The van der Waals surface area contributed by atoms with Gasteiger partial charge >= 0.3 is 5.97 Å². The van der Waals surface area contributed by atoms with E-state index in [1.807, 2.05) is 0 Å². The Labute approximate surface area is 116 Å². The van der Waals surface area contributed by atoms with Crippen LogP contribution in [0.1, 0.15) is 20.3 Å². The number of rotatable bonds is 6. The number of carboxylic acids is 1. The molecule has 2 N–H and O–H groups in total. The molecule has 110 valence electrons. The maximum absolute atomic E-state index is 12.1. The fraction of sp³-hybridized carbons (Fsp3) is 0.800. The lowest BCUT2D eigenvalue weighted by Crippen LogP contribution is -2.51. The van der Waals surface area contributed by atoms with Crippen LogP contribution < -0.4 is 4.72 Å². The van der Waals surface area contributed by atoms with E-state index in [1.165, 1.54) is 23.6 Å². The van der Waals surface area contributed by atoms with Crippen molar-refractivity contribution in [1.29, 1.82) is 0 Å². The van der Waals surface area contributed by atoms with Gasteiger partial charge in [0.15, 0.2) is 0 Å². The zero-order valence-corrected chi connectivity index (χ0v) is 12.5. The molecular formula is C10H18N2O5S2. The van der Waals surface area contributed by atoms with E-state index in [4.69, 9.17) is 5.11 Å². The highest BCUT2D eigenvalue weighted by Gasteiger charge is 2.37. The fourth-order valence-electron chi connectivity index (χ4n) is 1.76. The number of carbonyl (C=O) groups is 2. The minimum Gasteiger partial charge on any atom is -0.480 e. The summed E-state index contributed by atoms with van der Waals surface area (Å²) in [6, 6.07) is -1.83. The van der Waals surface area contributed by atoms with Gasteiger partial charge in [-0.15, -0.1) is 11.8 Å². The molecule has 2 atom stereocenters. The largest absolute Gasteiger partial charge is 0.480 e. The first-order chi connectivity index (χ1) is 8.78. The van der Waals surface area contributed by atoms with Crippen LogP contribution >= 0.6 is 11.8 Å². The molecule has 1 fully saturated rings. The predicted octanol–water partition coefficient (Wildman–Crippen LogP) is -0.310. The lowest BCUT2D eigenvalue weighted by atomic mass is 10.2. The van der Waals surface area contributed by atoms with Gasteiger partial charge in [0.25, 0.3) is 0 Å². The van der Waals surface area contributed by atoms with E-state index in [9.17, 15) is 18.0 Å². The molecule has 1 aliphatic heterocycles. The zero-order valence-electron chi connectivity index (χ0n) is 10.8. The molecule has 1 aliphatic rings. The summed E-state index contributed by atoms with van der Waals surface area (Å²) < 4.78 is 25.4. The third kappa shape index (κ3) is 4.36. The molecule has 0 bridgehead atoms. The van der Waals surface area contributed by atoms with Crippen molar-refractivity contribution in [2.75, 3.05) is 17.4 Å². The van der Waals surface area contributed by atoms with Gasteiger partial charge in [0.1, 0.15) is 6.04 Å². The van der Waals surface area contributed by atoms with Crippen molar-refractivity contribution in [2.45, 2.75) is 32.4 Å². The smallest absolute Gasteiger partial charge is 0.327 e. The molecule has 7 nitrogen and oxygen atoms in total. The molecule has 0 saturated carbocycles. The van der Waals surface area contributed by atoms with Crippen LogP contribution in [0.5, 0.6) is 0 Å². The van der Waals surface area contributed by atoms with Crippen LogP contribution in [0.3, 0.4) is 0 Å². The molecule has 1 saturated heterocycles. The lowest BCUT2D eigenvalue weighted by molar-refractivity contribution is -0.148. The number of carbonyl (C=O) groups excluding carboxylic acids is 1. The minimum atomic E-state index is -3.49. The van der Waals surface area contributed by atoms with Gasteiger partial charge in [-0.05, 0) is 13.3 Å². The van der Waals surface area contributed by atoms with Crippen molar-refractivity contribution < 1.29 is 23.1 Å². The highest BCUT2D eigenvalue weighted by atomic mass is 32.2. The Morgan fingerprint density at radius 1 is 1.53 bits per heavy atom. The number of thioether (sulfide) groups is 1. The third-order valence-corrected chi connectivity index (χ3v) is 5.32. The van der Waals surface area contributed by atoms with Crippen molar-refractivity contribution >= 4 is 33.7 Å². The molecule has 1 heterocycles. The second-order valence-electron chi connectivity index (χ2n) is 4.32. The van der Waals surface area contributed by atoms with Crippen LogP contribution in [0.2, 0.25) is 0 Å². The van der Waals surface area contributed by atoms with E-state index >= 15 is 0 Å². The molecule has 0 aromatic carbocycles. The fourth-order valence-corrected chi connectivity index (χ4v) is 4.21. The Morgan fingerprint density at radius 3 is 2.68 bits per heavy atom. The van der Waals surface area contributed by atoms with E-state index in [1.54, 1.807) is 6.92 Å². The van der Waals surface area contributed by atoms with Crippen molar-refractivity contribution in [3.63, 3.8) is 0 Å².